The maximum absolute atomic E-state index is 12.0. The predicted octanol–water partition coefficient (Wildman–Crippen LogP) is 1.23. The first-order valence-electron chi connectivity index (χ1n) is 4.30. The second-order valence-electron chi connectivity index (χ2n) is 3.12. The van der Waals surface area contributed by atoms with Crippen molar-refractivity contribution >= 4 is 17.2 Å². The minimum atomic E-state index is -4.85. The van der Waals surface area contributed by atoms with Gasteiger partial charge in [-0.15, -0.1) is 0 Å². The molecule has 0 radical (unpaired) electrons. The first-order valence-corrected chi connectivity index (χ1v) is 4.30. The van der Waals surface area contributed by atoms with E-state index in [4.69, 9.17) is 11.6 Å². The molecule has 0 aliphatic heterocycles. The molecule has 0 aliphatic rings. The summed E-state index contributed by atoms with van der Waals surface area (Å²) in [5.41, 5.74) is 8.10. The third-order valence-electron chi connectivity index (χ3n) is 1.99. The fraction of sp³-hybridized carbons (Fsp3) is 0.222. The average molecular weight is 233 g/mol. The van der Waals surface area contributed by atoms with Gasteiger partial charge in [0.25, 0.3) is 0 Å². The van der Waals surface area contributed by atoms with Crippen molar-refractivity contribution in [1.82, 2.24) is 0 Å². The molecule has 0 atom stereocenters. The van der Waals surface area contributed by atoms with Crippen molar-refractivity contribution in [3.63, 3.8) is 0 Å². The lowest BCUT2D eigenvalue weighted by Gasteiger charge is -2.11. The summed E-state index contributed by atoms with van der Waals surface area (Å²) in [6.07, 6.45) is -5.63. The van der Waals surface area contributed by atoms with Gasteiger partial charge in [0.15, 0.2) is 0 Å². The fourth-order valence-corrected chi connectivity index (χ4v) is 1.22. The Morgan fingerprint density at radius 3 is 2.50 bits per heavy atom. The smallest absolute Gasteiger partial charge is 0.397 e. The van der Waals surface area contributed by atoms with Crippen molar-refractivity contribution in [3.8, 4) is 0 Å². The van der Waals surface area contributed by atoms with E-state index >= 15 is 0 Å². The second kappa shape index (κ2) is 4.40. The maximum Gasteiger partial charge on any atom is 0.450 e. The number of halogens is 3. The van der Waals surface area contributed by atoms with Gasteiger partial charge in [-0.25, -0.2) is 0 Å². The lowest BCUT2D eigenvalue weighted by molar-refractivity contribution is -0.170. The summed E-state index contributed by atoms with van der Waals surface area (Å²) in [5, 5.41) is 0. The Kier molecular flexibility index (Phi) is 3.38. The van der Waals surface area contributed by atoms with E-state index in [-0.39, 0.29) is 16.9 Å². The van der Waals surface area contributed by atoms with E-state index in [0.717, 1.165) is 0 Å². The molecule has 0 saturated carbocycles. The number of hydrogen-bond donors (Lipinski definition) is 3. The van der Waals surface area contributed by atoms with Gasteiger partial charge in [0.05, 0.1) is 11.4 Å². The molecular formula is C9H10F3N3O. The number of nitrogen functional groups attached to an aromatic ring is 2. The predicted molar refractivity (Wildman–Crippen MR) is 53.4 cm³/mol. The average Bonchev–Trinajstić information content (AvgIpc) is 2.16. The highest BCUT2D eigenvalue weighted by atomic mass is 19.4. The van der Waals surface area contributed by atoms with E-state index in [1.807, 2.05) is 0 Å². The molecule has 1 aromatic carbocycles. The van der Waals surface area contributed by atoms with Gasteiger partial charge in [-0.2, -0.15) is 13.2 Å². The molecule has 1 aromatic rings. The topological polar surface area (TPSA) is 81.1 Å². The molecule has 5 N–H and O–H groups in total. The van der Waals surface area contributed by atoms with Gasteiger partial charge in [0.2, 0.25) is 5.78 Å². The third kappa shape index (κ3) is 2.63. The largest absolute Gasteiger partial charge is 0.450 e. The molecule has 0 spiro atoms. The van der Waals surface area contributed by atoms with Crippen LogP contribution in [0.3, 0.4) is 0 Å². The standard InChI is InChI=1S/C9H10F3N3O/c10-9(11,12)7(16)4-5-2-1-3-6(13)8(5)15-14/h1-3,15H,4,13-14H2. The van der Waals surface area contributed by atoms with Crippen LogP contribution in [0.2, 0.25) is 0 Å². The van der Waals surface area contributed by atoms with Gasteiger partial charge in [0, 0.05) is 6.42 Å². The summed E-state index contributed by atoms with van der Waals surface area (Å²) >= 11 is 0. The summed E-state index contributed by atoms with van der Waals surface area (Å²) < 4.78 is 36.1. The van der Waals surface area contributed by atoms with Crippen LogP contribution in [0.25, 0.3) is 0 Å². The molecule has 0 aromatic heterocycles. The minimum absolute atomic E-state index is 0.116. The van der Waals surface area contributed by atoms with Crippen LogP contribution in [0.5, 0.6) is 0 Å². The normalized spacial score (nSPS) is 11.2. The van der Waals surface area contributed by atoms with Crippen molar-refractivity contribution in [2.75, 3.05) is 11.2 Å². The first-order chi connectivity index (χ1) is 7.36. The number of hydrogen-bond acceptors (Lipinski definition) is 4. The Bertz CT molecular complexity index is 403. The maximum atomic E-state index is 12.0. The van der Waals surface area contributed by atoms with Crippen LogP contribution in [0.1, 0.15) is 5.56 Å². The van der Waals surface area contributed by atoms with Crippen LogP contribution in [-0.2, 0) is 11.2 Å². The molecule has 0 bridgehead atoms. The molecular weight excluding hydrogens is 223 g/mol. The zero-order chi connectivity index (χ0) is 12.3. The fourth-order valence-electron chi connectivity index (χ4n) is 1.22. The van der Waals surface area contributed by atoms with Crippen LogP contribution in [0.4, 0.5) is 24.5 Å². The number of alkyl halides is 3. The first kappa shape index (κ1) is 12.3. The number of nitrogens with one attached hydrogen (secondary N) is 1. The van der Waals surface area contributed by atoms with Gasteiger partial charge >= 0.3 is 6.18 Å². The van der Waals surface area contributed by atoms with Crippen LogP contribution < -0.4 is 17.0 Å². The Labute approximate surface area is 89.4 Å². The molecule has 16 heavy (non-hydrogen) atoms. The van der Waals surface area contributed by atoms with Crippen LogP contribution >= 0.6 is 0 Å². The summed E-state index contributed by atoms with van der Waals surface area (Å²) in [5.74, 6) is 3.28. The van der Waals surface area contributed by atoms with E-state index in [2.05, 4.69) is 5.43 Å². The number of rotatable bonds is 3. The van der Waals surface area contributed by atoms with E-state index in [1.165, 1.54) is 18.2 Å². The van der Waals surface area contributed by atoms with Gasteiger partial charge in [-0.05, 0) is 11.6 Å². The number of Topliss-reactive ketones (excluding diaryl/α,β-unsaturated/α-hetero) is 1. The Hall–Kier alpha value is -1.76. The summed E-state index contributed by atoms with van der Waals surface area (Å²) in [7, 11) is 0. The third-order valence-corrected chi connectivity index (χ3v) is 1.99. The van der Waals surface area contributed by atoms with Crippen LogP contribution in [0, 0.1) is 0 Å². The number of ketones is 1. The van der Waals surface area contributed by atoms with Crippen LogP contribution in [-0.4, -0.2) is 12.0 Å². The summed E-state index contributed by atoms with van der Waals surface area (Å²) in [6, 6.07) is 4.28. The Balaban J connectivity index is 2.98. The van der Waals surface area contributed by atoms with Crippen molar-refractivity contribution in [2.45, 2.75) is 12.6 Å². The van der Waals surface area contributed by atoms with Gasteiger partial charge < -0.3 is 11.2 Å². The Morgan fingerprint density at radius 2 is 2.00 bits per heavy atom. The highest BCUT2D eigenvalue weighted by molar-refractivity contribution is 5.88. The highest BCUT2D eigenvalue weighted by Crippen LogP contribution is 2.26. The zero-order valence-corrected chi connectivity index (χ0v) is 8.14. The van der Waals surface area contributed by atoms with Crippen molar-refractivity contribution < 1.29 is 18.0 Å². The van der Waals surface area contributed by atoms with E-state index in [0.29, 0.717) is 0 Å². The van der Waals surface area contributed by atoms with E-state index in [1.54, 1.807) is 0 Å². The number of nitrogens with two attached hydrogens (primary N) is 2. The molecule has 88 valence electrons. The van der Waals surface area contributed by atoms with Gasteiger partial charge in [-0.3, -0.25) is 10.6 Å². The number of carbonyl (C=O) groups excluding carboxylic acids is 1. The van der Waals surface area contributed by atoms with E-state index in [9.17, 15) is 18.0 Å². The second-order valence-corrected chi connectivity index (χ2v) is 3.12. The SMILES string of the molecule is NNc1c(N)cccc1CC(=O)C(F)(F)F. The molecule has 0 amide bonds. The monoisotopic (exact) mass is 233 g/mol. The zero-order valence-electron chi connectivity index (χ0n) is 8.14. The van der Waals surface area contributed by atoms with Gasteiger partial charge in [0.1, 0.15) is 0 Å². The number of carbonyl (C=O) groups is 1. The lowest BCUT2D eigenvalue weighted by atomic mass is 10.1. The van der Waals surface area contributed by atoms with Crippen molar-refractivity contribution in [3.05, 3.63) is 23.8 Å². The number of anilines is 2. The number of hydrazine groups is 1. The molecule has 0 saturated heterocycles. The lowest BCUT2D eigenvalue weighted by Crippen LogP contribution is -2.25. The molecule has 7 heteroatoms. The minimum Gasteiger partial charge on any atom is -0.397 e. The summed E-state index contributed by atoms with van der Waals surface area (Å²) in [4.78, 5) is 10.8. The van der Waals surface area contributed by atoms with E-state index < -0.39 is 18.4 Å². The summed E-state index contributed by atoms with van der Waals surface area (Å²) in [6.45, 7) is 0. The van der Waals surface area contributed by atoms with Crippen LogP contribution in [0.15, 0.2) is 18.2 Å². The molecule has 0 unspecified atom stereocenters. The highest BCUT2D eigenvalue weighted by Gasteiger charge is 2.38. The number of para-hydroxylation sites is 1. The molecule has 0 aliphatic carbocycles. The molecule has 0 fully saturated rings. The molecule has 4 nitrogen and oxygen atoms in total. The van der Waals surface area contributed by atoms with Crippen molar-refractivity contribution in [2.24, 2.45) is 5.84 Å². The van der Waals surface area contributed by atoms with Gasteiger partial charge in [-0.1, -0.05) is 12.1 Å². The molecule has 1 rings (SSSR count). The quantitative estimate of drug-likeness (QED) is 0.416. The van der Waals surface area contributed by atoms with Crippen molar-refractivity contribution in [1.29, 1.82) is 0 Å². The molecule has 0 heterocycles. The number of benzene rings is 1. The Morgan fingerprint density at radius 1 is 1.38 bits per heavy atom.